The second-order valence-electron chi connectivity index (χ2n) is 4.99. The average molecular weight is 332 g/mol. The highest BCUT2D eigenvalue weighted by atomic mass is 35.5. The van der Waals surface area contributed by atoms with E-state index in [2.05, 4.69) is 11.7 Å². The van der Waals surface area contributed by atoms with Gasteiger partial charge in [-0.2, -0.15) is 10.4 Å². The van der Waals surface area contributed by atoms with Crippen molar-refractivity contribution < 1.29 is 15.0 Å². The summed E-state index contributed by atoms with van der Waals surface area (Å²) in [5.74, 6) is -1.00. The van der Waals surface area contributed by atoms with Crippen molar-refractivity contribution in [1.82, 2.24) is 9.78 Å². The van der Waals surface area contributed by atoms with Crippen LogP contribution in [0.3, 0.4) is 0 Å². The fourth-order valence-corrected chi connectivity index (χ4v) is 2.36. The normalized spacial score (nSPS) is 11.7. The molecule has 1 heterocycles. The molecule has 0 spiro atoms. The van der Waals surface area contributed by atoms with Gasteiger partial charge in [0.25, 0.3) is 0 Å². The molecule has 0 radical (unpaired) electrons. The number of carboxylic acids is 1. The lowest BCUT2D eigenvalue weighted by Crippen LogP contribution is -2.08. The van der Waals surface area contributed by atoms with Crippen molar-refractivity contribution in [3.8, 4) is 17.2 Å². The average Bonchev–Trinajstić information content (AvgIpc) is 2.94. The van der Waals surface area contributed by atoms with Gasteiger partial charge in [-0.05, 0) is 23.3 Å². The first-order chi connectivity index (χ1) is 10.9. The van der Waals surface area contributed by atoms with Crippen LogP contribution in [-0.2, 0) is 11.3 Å². The summed E-state index contributed by atoms with van der Waals surface area (Å²) in [7, 11) is 0. The van der Waals surface area contributed by atoms with Crippen LogP contribution in [0.4, 0.5) is 0 Å². The van der Waals surface area contributed by atoms with Gasteiger partial charge in [0.1, 0.15) is 6.54 Å². The van der Waals surface area contributed by atoms with Gasteiger partial charge in [-0.15, -0.1) is 0 Å². The number of benzene rings is 1. The molecule has 118 valence electrons. The molecule has 0 saturated heterocycles. The minimum Gasteiger partial charge on any atom is -0.480 e. The number of hydrogen-bond acceptors (Lipinski definition) is 4. The van der Waals surface area contributed by atoms with Crippen LogP contribution in [0.5, 0.6) is 0 Å². The van der Waals surface area contributed by atoms with Crippen molar-refractivity contribution in [3.05, 3.63) is 53.3 Å². The number of nitrogens with zero attached hydrogens (tertiary/aromatic N) is 3. The van der Waals surface area contributed by atoms with Crippen LogP contribution in [0, 0.1) is 11.3 Å². The van der Waals surface area contributed by atoms with E-state index in [1.54, 1.807) is 24.4 Å². The van der Waals surface area contributed by atoms with Gasteiger partial charge in [-0.25, -0.2) is 0 Å². The summed E-state index contributed by atoms with van der Waals surface area (Å²) in [4.78, 5) is 10.7. The molecule has 0 unspecified atom stereocenters. The van der Waals surface area contributed by atoms with Crippen molar-refractivity contribution in [2.24, 2.45) is 0 Å². The molecule has 7 heteroatoms. The Kier molecular flexibility index (Phi) is 5.16. The largest absolute Gasteiger partial charge is 0.480 e. The third-order valence-corrected chi connectivity index (χ3v) is 3.45. The minimum absolute atomic E-state index is 0.106. The van der Waals surface area contributed by atoms with Gasteiger partial charge >= 0.3 is 5.97 Å². The highest BCUT2D eigenvalue weighted by Gasteiger charge is 2.17. The van der Waals surface area contributed by atoms with E-state index < -0.39 is 12.1 Å². The molecule has 0 fully saturated rings. The predicted molar refractivity (Wildman–Crippen MR) is 84.6 cm³/mol. The maximum Gasteiger partial charge on any atom is 0.325 e. The number of hydrogen-bond donors (Lipinski definition) is 2. The zero-order valence-corrected chi connectivity index (χ0v) is 12.9. The Morgan fingerprint density at radius 1 is 1.52 bits per heavy atom. The molecule has 2 N–H and O–H groups in total. The van der Waals surface area contributed by atoms with Gasteiger partial charge in [-0.3, -0.25) is 9.48 Å². The molecule has 2 rings (SSSR count). The number of carbonyl (C=O) groups is 1. The molecule has 6 nitrogen and oxygen atoms in total. The zero-order chi connectivity index (χ0) is 17.0. The summed E-state index contributed by atoms with van der Waals surface area (Å²) >= 11 is 6.02. The quantitative estimate of drug-likeness (QED) is 0.793. The molecule has 0 bridgehead atoms. The standard InChI is InChI=1S/C16H14ClN3O3/c1-10(6-18)4-15(21)13-3-2-12(17)5-14(13)11-7-19-20(8-11)9-16(22)23/h2-3,5,7-8,15,21H,1,4,9H2,(H,22,23)/t15-/m0/s1. The van der Waals surface area contributed by atoms with E-state index in [-0.39, 0.29) is 18.5 Å². The van der Waals surface area contributed by atoms with Crippen molar-refractivity contribution in [1.29, 1.82) is 5.26 Å². The Morgan fingerprint density at radius 2 is 2.26 bits per heavy atom. The van der Waals surface area contributed by atoms with Crippen molar-refractivity contribution in [3.63, 3.8) is 0 Å². The Bertz CT molecular complexity index is 792. The zero-order valence-electron chi connectivity index (χ0n) is 12.1. The number of aliphatic hydroxyl groups excluding tert-OH is 1. The van der Waals surface area contributed by atoms with Crippen LogP contribution in [0.2, 0.25) is 5.02 Å². The third kappa shape index (κ3) is 4.19. The fourth-order valence-electron chi connectivity index (χ4n) is 2.19. The SMILES string of the molecule is C=C(C#N)C[C@H](O)c1ccc(Cl)cc1-c1cnn(CC(=O)O)c1. The molecule has 23 heavy (non-hydrogen) atoms. The smallest absolute Gasteiger partial charge is 0.325 e. The summed E-state index contributed by atoms with van der Waals surface area (Å²) < 4.78 is 1.28. The van der Waals surface area contributed by atoms with E-state index in [0.29, 0.717) is 21.7 Å². The van der Waals surface area contributed by atoms with E-state index in [1.165, 1.54) is 10.9 Å². The van der Waals surface area contributed by atoms with Gasteiger partial charge in [-0.1, -0.05) is 24.2 Å². The molecule has 0 saturated carbocycles. The number of halogens is 1. The van der Waals surface area contributed by atoms with Crippen molar-refractivity contribution >= 4 is 17.6 Å². The molecule has 0 aliphatic heterocycles. The lowest BCUT2D eigenvalue weighted by molar-refractivity contribution is -0.137. The monoisotopic (exact) mass is 331 g/mol. The molecule has 1 atom stereocenters. The number of carboxylic acid groups (broad SMARTS) is 1. The van der Waals surface area contributed by atoms with Crippen LogP contribution in [0.15, 0.2) is 42.7 Å². The Morgan fingerprint density at radius 3 is 2.91 bits per heavy atom. The predicted octanol–water partition coefficient (Wildman–Crippen LogP) is 2.79. The van der Waals surface area contributed by atoms with Crippen molar-refractivity contribution in [2.45, 2.75) is 19.1 Å². The summed E-state index contributed by atoms with van der Waals surface area (Å²) in [6.07, 6.45) is 2.25. The second-order valence-corrected chi connectivity index (χ2v) is 5.42. The lowest BCUT2D eigenvalue weighted by atomic mass is 9.95. The van der Waals surface area contributed by atoms with Gasteiger partial charge in [0.2, 0.25) is 0 Å². The van der Waals surface area contributed by atoms with Crippen LogP contribution in [0.25, 0.3) is 11.1 Å². The number of aliphatic hydroxyl groups is 1. The summed E-state index contributed by atoms with van der Waals surface area (Å²) in [6.45, 7) is 3.31. The maximum absolute atomic E-state index is 10.7. The number of nitriles is 1. The molecular formula is C16H14ClN3O3. The second kappa shape index (κ2) is 7.09. The third-order valence-electron chi connectivity index (χ3n) is 3.21. The number of rotatable bonds is 6. The maximum atomic E-state index is 10.7. The first-order valence-corrected chi connectivity index (χ1v) is 7.08. The van der Waals surface area contributed by atoms with Gasteiger partial charge in [0, 0.05) is 28.8 Å². The van der Waals surface area contributed by atoms with Crippen LogP contribution in [0.1, 0.15) is 18.1 Å². The van der Waals surface area contributed by atoms with Crippen LogP contribution >= 0.6 is 11.6 Å². The molecule has 2 aromatic rings. The Balaban J connectivity index is 2.39. The van der Waals surface area contributed by atoms with E-state index in [1.807, 2.05) is 6.07 Å². The first kappa shape index (κ1) is 16.7. The molecule has 0 aliphatic carbocycles. The topological polar surface area (TPSA) is 99.1 Å². The fraction of sp³-hybridized carbons (Fsp3) is 0.188. The number of aliphatic carboxylic acids is 1. The van der Waals surface area contributed by atoms with E-state index in [9.17, 15) is 9.90 Å². The molecule has 0 amide bonds. The van der Waals surface area contributed by atoms with Crippen LogP contribution < -0.4 is 0 Å². The first-order valence-electron chi connectivity index (χ1n) is 6.70. The highest BCUT2D eigenvalue weighted by Crippen LogP contribution is 2.33. The van der Waals surface area contributed by atoms with E-state index >= 15 is 0 Å². The summed E-state index contributed by atoms with van der Waals surface area (Å²) in [6, 6.07) is 6.87. The van der Waals surface area contributed by atoms with E-state index in [4.69, 9.17) is 22.0 Å². The van der Waals surface area contributed by atoms with Gasteiger partial charge in [0.05, 0.1) is 18.4 Å². The molecule has 0 aliphatic rings. The summed E-state index contributed by atoms with van der Waals surface area (Å²) in [5, 5.41) is 32.4. The minimum atomic E-state index is -1.00. The van der Waals surface area contributed by atoms with Crippen LogP contribution in [-0.4, -0.2) is 26.0 Å². The molecule has 1 aromatic heterocycles. The van der Waals surface area contributed by atoms with Gasteiger partial charge in [0.15, 0.2) is 0 Å². The lowest BCUT2D eigenvalue weighted by Gasteiger charge is -2.14. The Labute approximate surface area is 137 Å². The summed E-state index contributed by atoms with van der Waals surface area (Å²) in [5.41, 5.74) is 2.10. The molecule has 1 aromatic carbocycles. The van der Waals surface area contributed by atoms with Gasteiger partial charge < -0.3 is 10.2 Å². The Hall–Kier alpha value is -2.62. The van der Waals surface area contributed by atoms with Crippen molar-refractivity contribution in [2.75, 3.05) is 0 Å². The highest BCUT2D eigenvalue weighted by molar-refractivity contribution is 6.30. The number of aromatic nitrogens is 2. The molecular weight excluding hydrogens is 318 g/mol. The van der Waals surface area contributed by atoms with E-state index in [0.717, 1.165) is 0 Å².